The molecule has 4 heterocycles. The van der Waals surface area contributed by atoms with Crippen LogP contribution in [-0.2, 0) is 4.79 Å². The fourth-order valence-electron chi connectivity index (χ4n) is 4.14. The van der Waals surface area contributed by atoms with Crippen molar-refractivity contribution in [2.75, 3.05) is 13.1 Å². The fourth-order valence-corrected chi connectivity index (χ4v) is 4.14. The van der Waals surface area contributed by atoms with Gasteiger partial charge in [-0.3, -0.25) is 9.89 Å². The number of aromatic amines is 2. The minimum absolute atomic E-state index is 0.00210. The van der Waals surface area contributed by atoms with Gasteiger partial charge in [-0.15, -0.1) is 10.2 Å². The van der Waals surface area contributed by atoms with E-state index in [0.29, 0.717) is 33.7 Å². The molecular weight excluding hydrogens is 399 g/mol. The van der Waals surface area contributed by atoms with Gasteiger partial charge in [0, 0.05) is 34.9 Å². The third-order valence-electron chi connectivity index (χ3n) is 5.64. The number of rotatable bonds is 4. The lowest BCUT2D eigenvalue weighted by molar-refractivity contribution is -0.125. The number of hydrogen-bond acceptors (Lipinski definition) is 5. The van der Waals surface area contributed by atoms with Gasteiger partial charge in [0.2, 0.25) is 5.91 Å². The molecule has 0 aliphatic carbocycles. The van der Waals surface area contributed by atoms with E-state index in [1.54, 1.807) is 36.5 Å². The van der Waals surface area contributed by atoms with Crippen molar-refractivity contribution in [3.05, 3.63) is 60.9 Å². The average Bonchev–Trinajstić information content (AvgIpc) is 3.50. The molecule has 8 nitrogen and oxygen atoms in total. The summed E-state index contributed by atoms with van der Waals surface area (Å²) in [7, 11) is 0. The maximum absolute atomic E-state index is 15.0. The smallest absolute Gasteiger partial charge is 0.246 e. The molecule has 0 unspecified atom stereocenters. The van der Waals surface area contributed by atoms with Crippen LogP contribution in [0.3, 0.4) is 0 Å². The van der Waals surface area contributed by atoms with Crippen LogP contribution >= 0.6 is 0 Å². The number of alkyl halides is 1. The van der Waals surface area contributed by atoms with Gasteiger partial charge in [-0.05, 0) is 30.3 Å². The summed E-state index contributed by atoms with van der Waals surface area (Å²) >= 11 is 0. The van der Waals surface area contributed by atoms with E-state index in [1.807, 2.05) is 6.07 Å². The zero-order chi connectivity index (χ0) is 21.5. The number of H-pyrrole nitrogens is 2. The van der Waals surface area contributed by atoms with Gasteiger partial charge in [0.1, 0.15) is 11.9 Å². The molecule has 0 radical (unpaired) electrons. The monoisotopic (exact) mass is 418 g/mol. The van der Waals surface area contributed by atoms with Crippen molar-refractivity contribution in [3.63, 3.8) is 0 Å². The molecule has 0 bridgehead atoms. The number of nitrogens with zero attached hydrogens (tertiary/aromatic N) is 4. The zero-order valence-electron chi connectivity index (χ0n) is 16.4. The van der Waals surface area contributed by atoms with E-state index in [9.17, 15) is 9.90 Å². The van der Waals surface area contributed by atoms with E-state index in [0.717, 1.165) is 5.56 Å². The number of aromatic nitrogens is 5. The highest BCUT2D eigenvalue weighted by molar-refractivity contribution is 5.97. The van der Waals surface area contributed by atoms with Crippen LogP contribution in [0, 0.1) is 0 Å². The van der Waals surface area contributed by atoms with Gasteiger partial charge in [-0.1, -0.05) is 18.7 Å². The van der Waals surface area contributed by atoms with Crippen LogP contribution in [0.25, 0.3) is 33.5 Å². The van der Waals surface area contributed by atoms with E-state index in [-0.39, 0.29) is 24.7 Å². The van der Waals surface area contributed by atoms with E-state index in [2.05, 4.69) is 32.0 Å². The number of hydrogen-bond donors (Lipinski definition) is 3. The van der Waals surface area contributed by atoms with Crippen molar-refractivity contribution in [2.45, 2.75) is 12.1 Å². The molecule has 3 aromatic heterocycles. The molecule has 0 spiro atoms. The molecule has 31 heavy (non-hydrogen) atoms. The number of benzene rings is 1. The summed E-state index contributed by atoms with van der Waals surface area (Å²) in [6.07, 6.45) is 1.57. The molecule has 0 saturated carbocycles. The van der Waals surface area contributed by atoms with E-state index >= 15 is 4.39 Å². The summed E-state index contributed by atoms with van der Waals surface area (Å²) in [5.41, 5.74) is 3.55. The fraction of sp³-hybridized carbons (Fsp3) is 0.182. The Morgan fingerprint density at radius 3 is 2.84 bits per heavy atom. The highest BCUT2D eigenvalue weighted by atomic mass is 19.1. The first-order valence-electron chi connectivity index (χ1n) is 9.79. The SMILES string of the molecule is C=CC(=O)N1C[C@H](F)[C@H](c2[nH]c3nnc(-c4ccccc4O)cc3c2-c2ccn[nH]2)C1. The van der Waals surface area contributed by atoms with Crippen molar-refractivity contribution in [2.24, 2.45) is 0 Å². The summed E-state index contributed by atoms with van der Waals surface area (Å²) < 4.78 is 15.0. The lowest BCUT2D eigenvalue weighted by atomic mass is 9.96. The predicted molar refractivity (Wildman–Crippen MR) is 113 cm³/mol. The van der Waals surface area contributed by atoms with Crippen LogP contribution in [-0.4, -0.2) is 60.6 Å². The summed E-state index contributed by atoms with van der Waals surface area (Å²) in [4.78, 5) is 16.7. The maximum atomic E-state index is 15.0. The number of phenolic OH excluding ortho intramolecular Hbond substituents is 1. The van der Waals surface area contributed by atoms with Crippen LogP contribution in [0.5, 0.6) is 5.75 Å². The van der Waals surface area contributed by atoms with E-state index in [1.165, 1.54) is 11.0 Å². The lowest BCUT2D eigenvalue weighted by Gasteiger charge is -2.14. The van der Waals surface area contributed by atoms with Gasteiger partial charge >= 0.3 is 0 Å². The van der Waals surface area contributed by atoms with Crippen LogP contribution in [0.15, 0.2) is 55.3 Å². The number of carbonyl (C=O) groups excluding carboxylic acids is 1. The summed E-state index contributed by atoms with van der Waals surface area (Å²) in [6.45, 7) is 3.72. The van der Waals surface area contributed by atoms with Crippen LogP contribution < -0.4 is 0 Å². The molecule has 3 N–H and O–H groups in total. The minimum Gasteiger partial charge on any atom is -0.507 e. The second kappa shape index (κ2) is 7.35. The molecule has 1 fully saturated rings. The first kappa shape index (κ1) is 19.0. The molecule has 4 aromatic rings. The maximum Gasteiger partial charge on any atom is 0.246 e. The second-order valence-corrected chi connectivity index (χ2v) is 7.46. The van der Waals surface area contributed by atoms with E-state index < -0.39 is 12.1 Å². The largest absolute Gasteiger partial charge is 0.507 e. The average molecular weight is 418 g/mol. The van der Waals surface area contributed by atoms with Gasteiger partial charge in [0.15, 0.2) is 5.65 Å². The Balaban J connectivity index is 1.67. The van der Waals surface area contributed by atoms with Gasteiger partial charge in [-0.2, -0.15) is 5.10 Å². The number of aromatic hydroxyl groups is 1. The lowest BCUT2D eigenvalue weighted by Crippen LogP contribution is -2.27. The Hall–Kier alpha value is -4.01. The summed E-state index contributed by atoms with van der Waals surface area (Å²) in [5, 5.41) is 26.4. The molecule has 1 amide bonds. The number of amides is 1. The van der Waals surface area contributed by atoms with E-state index in [4.69, 9.17) is 0 Å². The molecule has 1 aliphatic rings. The Bertz CT molecular complexity index is 1280. The predicted octanol–water partition coefficient (Wildman–Crippen LogP) is 3.17. The molecular formula is C22H19FN6O2. The Labute approximate surface area is 176 Å². The van der Waals surface area contributed by atoms with Gasteiger partial charge in [0.05, 0.1) is 23.9 Å². The Morgan fingerprint density at radius 2 is 2.10 bits per heavy atom. The van der Waals surface area contributed by atoms with Crippen molar-refractivity contribution < 1.29 is 14.3 Å². The highest BCUT2D eigenvalue weighted by Crippen LogP contribution is 2.40. The van der Waals surface area contributed by atoms with Crippen LogP contribution in [0.4, 0.5) is 4.39 Å². The normalized spacial score (nSPS) is 18.5. The summed E-state index contributed by atoms with van der Waals surface area (Å²) in [5.74, 6) is -0.774. The molecule has 9 heteroatoms. The topological polar surface area (TPSA) is 111 Å². The third kappa shape index (κ3) is 3.14. The standard InChI is InChI=1S/C22H19FN6O2/c1-2-19(31)29-10-14(15(23)11-29)21-20(16-7-8-24-26-16)13-9-17(27-28-22(13)25-21)12-5-3-4-6-18(12)30/h2-9,14-15,30H,1,10-11H2,(H,24,26)(H,25,28)/t14-,15+/m1/s1. The Kier molecular flexibility index (Phi) is 4.50. The number of carbonyl (C=O) groups is 1. The van der Waals surface area contributed by atoms with Gasteiger partial charge < -0.3 is 15.0 Å². The number of para-hydroxylation sites is 1. The number of phenols is 1. The molecule has 156 valence electrons. The summed E-state index contributed by atoms with van der Waals surface area (Å²) in [6, 6.07) is 10.5. The first-order chi connectivity index (χ1) is 15.1. The Morgan fingerprint density at radius 1 is 1.26 bits per heavy atom. The van der Waals surface area contributed by atoms with Crippen LogP contribution in [0.1, 0.15) is 11.6 Å². The highest BCUT2D eigenvalue weighted by Gasteiger charge is 2.38. The number of likely N-dealkylation sites (tertiary alicyclic amines) is 1. The number of nitrogens with one attached hydrogen (secondary N) is 2. The number of halogens is 1. The van der Waals surface area contributed by atoms with Crippen LogP contribution in [0.2, 0.25) is 0 Å². The van der Waals surface area contributed by atoms with Gasteiger partial charge in [0.25, 0.3) is 0 Å². The minimum atomic E-state index is -1.25. The van der Waals surface area contributed by atoms with Gasteiger partial charge in [-0.25, -0.2) is 4.39 Å². The first-order valence-corrected chi connectivity index (χ1v) is 9.79. The molecule has 5 rings (SSSR count). The van der Waals surface area contributed by atoms with Crippen molar-refractivity contribution >= 4 is 16.9 Å². The number of fused-ring (bicyclic) bond motifs is 1. The quantitative estimate of drug-likeness (QED) is 0.441. The van der Waals surface area contributed by atoms with Crippen molar-refractivity contribution in [1.82, 2.24) is 30.3 Å². The van der Waals surface area contributed by atoms with Crippen molar-refractivity contribution in [3.8, 4) is 28.3 Å². The van der Waals surface area contributed by atoms with Crippen molar-refractivity contribution in [1.29, 1.82) is 0 Å². The molecule has 1 aromatic carbocycles. The molecule has 2 atom stereocenters. The molecule has 1 aliphatic heterocycles. The third-order valence-corrected chi connectivity index (χ3v) is 5.64. The zero-order valence-corrected chi connectivity index (χ0v) is 16.4. The second-order valence-electron chi connectivity index (χ2n) is 7.46. The molecule has 1 saturated heterocycles.